The first-order valence-electron chi connectivity index (χ1n) is 10.2. The molecule has 0 spiro atoms. The van der Waals surface area contributed by atoms with E-state index in [1.807, 2.05) is 30.5 Å². The van der Waals surface area contributed by atoms with Gasteiger partial charge >= 0.3 is 0 Å². The van der Waals surface area contributed by atoms with Crippen LogP contribution in [0.3, 0.4) is 0 Å². The molecule has 1 N–H and O–H groups in total. The maximum Gasteiger partial charge on any atom is 0.261 e. The predicted octanol–water partition coefficient (Wildman–Crippen LogP) is 4.64. The molecular weight excluding hydrogens is 412 g/mol. The van der Waals surface area contributed by atoms with Gasteiger partial charge in [0.25, 0.3) is 5.91 Å². The van der Waals surface area contributed by atoms with Gasteiger partial charge in [0, 0.05) is 31.6 Å². The molecule has 0 bridgehead atoms. The van der Waals surface area contributed by atoms with Crippen molar-refractivity contribution in [3.63, 3.8) is 0 Å². The van der Waals surface area contributed by atoms with Gasteiger partial charge in [0.15, 0.2) is 0 Å². The number of fused-ring (bicyclic) bond motifs is 1. The average molecular weight is 439 g/mol. The van der Waals surface area contributed by atoms with Crippen molar-refractivity contribution in [1.29, 1.82) is 0 Å². The number of rotatable bonds is 8. The van der Waals surface area contributed by atoms with Crippen molar-refractivity contribution >= 4 is 39.7 Å². The molecule has 0 aliphatic carbocycles. The minimum absolute atomic E-state index is 0.00903. The van der Waals surface area contributed by atoms with Crippen LogP contribution in [-0.4, -0.2) is 48.2 Å². The normalized spacial score (nSPS) is 13.3. The smallest absolute Gasteiger partial charge is 0.261 e. The molecule has 0 atom stereocenters. The lowest BCUT2D eigenvalue weighted by molar-refractivity contribution is 0.0956. The van der Waals surface area contributed by atoms with Crippen molar-refractivity contribution in [2.75, 3.05) is 37.3 Å². The number of amides is 1. The lowest BCUT2D eigenvalue weighted by Crippen LogP contribution is -2.27. The van der Waals surface area contributed by atoms with Gasteiger partial charge in [-0.2, -0.15) is 0 Å². The Morgan fingerprint density at radius 3 is 2.90 bits per heavy atom. The van der Waals surface area contributed by atoms with Gasteiger partial charge in [0.2, 0.25) is 0 Å². The molecule has 156 valence electrons. The van der Waals surface area contributed by atoms with E-state index < -0.39 is 0 Å². The zero-order valence-corrected chi connectivity index (χ0v) is 18.7. The molecule has 0 saturated carbocycles. The second-order valence-corrected chi connectivity index (χ2v) is 9.44. The van der Waals surface area contributed by atoms with Gasteiger partial charge in [-0.3, -0.25) is 4.79 Å². The van der Waals surface area contributed by atoms with E-state index in [-0.39, 0.29) is 5.91 Å². The van der Waals surface area contributed by atoms with E-state index in [4.69, 9.17) is 0 Å². The van der Waals surface area contributed by atoms with Gasteiger partial charge in [-0.15, -0.1) is 23.1 Å². The number of carbonyl (C=O) groups is 1. The number of carbonyl (C=O) groups excluding carboxylic acids is 1. The first kappa shape index (κ1) is 20.9. The third-order valence-corrected chi connectivity index (χ3v) is 7.06. The minimum Gasteiger partial charge on any atom is -0.351 e. The van der Waals surface area contributed by atoms with Crippen molar-refractivity contribution in [2.24, 2.45) is 0 Å². The number of hydrogen-bond donors (Lipinski definition) is 1. The van der Waals surface area contributed by atoms with E-state index >= 15 is 0 Å². The molecule has 30 heavy (non-hydrogen) atoms. The van der Waals surface area contributed by atoms with Crippen molar-refractivity contribution in [3.8, 4) is 0 Å². The molecule has 4 rings (SSSR count). The fraction of sp³-hybridized carbons (Fsp3) is 0.304. The predicted molar refractivity (Wildman–Crippen MR) is 126 cm³/mol. The Morgan fingerprint density at radius 2 is 2.03 bits per heavy atom. The molecule has 0 saturated heterocycles. The van der Waals surface area contributed by atoms with Crippen LogP contribution in [0.15, 0.2) is 65.8 Å². The third-order valence-electron chi connectivity index (χ3n) is 4.97. The Balaban J connectivity index is 1.26. The summed E-state index contributed by atoms with van der Waals surface area (Å²) in [6, 6.07) is 18.5. The Morgan fingerprint density at radius 1 is 1.17 bits per heavy atom. The van der Waals surface area contributed by atoms with Crippen molar-refractivity contribution < 1.29 is 4.79 Å². The summed E-state index contributed by atoms with van der Waals surface area (Å²) in [5.74, 6) is 1.01. The molecule has 1 aliphatic rings. The van der Waals surface area contributed by atoms with E-state index in [1.165, 1.54) is 5.56 Å². The standard InChI is InChI=1S/C23H26N4OS2/c1-26(17-18-7-3-2-4-8-18)14-6-13-24-22(28)20-10-11-21(30-20)27-15-16-29-23-19(27)9-5-12-25-23/h2-5,7-12H,6,13-17H2,1H3,(H,24,28). The van der Waals surface area contributed by atoms with Crippen LogP contribution in [0.2, 0.25) is 0 Å². The maximum atomic E-state index is 12.6. The largest absolute Gasteiger partial charge is 0.351 e. The lowest BCUT2D eigenvalue weighted by atomic mass is 10.2. The van der Waals surface area contributed by atoms with E-state index in [2.05, 4.69) is 57.5 Å². The second-order valence-electron chi connectivity index (χ2n) is 7.30. The quantitative estimate of drug-likeness (QED) is 0.519. The summed E-state index contributed by atoms with van der Waals surface area (Å²) in [7, 11) is 2.12. The molecule has 7 heteroatoms. The highest BCUT2D eigenvalue weighted by molar-refractivity contribution is 7.99. The first-order valence-corrected chi connectivity index (χ1v) is 12.0. The maximum absolute atomic E-state index is 12.6. The van der Waals surface area contributed by atoms with Gasteiger partial charge in [-0.05, 0) is 49.8 Å². The molecular formula is C23H26N4OS2. The monoisotopic (exact) mass is 438 g/mol. The summed E-state index contributed by atoms with van der Waals surface area (Å²) in [4.78, 5) is 22.3. The van der Waals surface area contributed by atoms with Gasteiger partial charge in [0.1, 0.15) is 5.03 Å². The Labute approximate surface area is 186 Å². The topological polar surface area (TPSA) is 48.5 Å². The Bertz CT molecular complexity index is 976. The van der Waals surface area contributed by atoms with Crippen LogP contribution in [0.5, 0.6) is 0 Å². The molecule has 0 fully saturated rings. The van der Waals surface area contributed by atoms with E-state index in [1.54, 1.807) is 23.1 Å². The van der Waals surface area contributed by atoms with Crippen molar-refractivity contribution in [2.45, 2.75) is 18.0 Å². The number of hydrogen-bond acceptors (Lipinski definition) is 6. The Hall–Kier alpha value is -2.35. The summed E-state index contributed by atoms with van der Waals surface area (Å²) in [6.45, 7) is 3.48. The minimum atomic E-state index is 0.00903. The van der Waals surface area contributed by atoms with Crippen LogP contribution >= 0.6 is 23.1 Å². The highest BCUT2D eigenvalue weighted by atomic mass is 32.2. The Kier molecular flexibility index (Phi) is 7.04. The zero-order valence-electron chi connectivity index (χ0n) is 17.1. The van der Waals surface area contributed by atoms with Gasteiger partial charge in [-0.25, -0.2) is 4.98 Å². The van der Waals surface area contributed by atoms with Crippen LogP contribution in [-0.2, 0) is 6.54 Å². The van der Waals surface area contributed by atoms with Gasteiger partial charge in [0.05, 0.1) is 15.6 Å². The zero-order chi connectivity index (χ0) is 20.8. The van der Waals surface area contributed by atoms with Crippen molar-refractivity contribution in [1.82, 2.24) is 15.2 Å². The van der Waals surface area contributed by atoms with E-state index in [0.717, 1.165) is 52.4 Å². The number of nitrogens with zero attached hydrogens (tertiary/aromatic N) is 3. The second kappa shape index (κ2) is 10.1. The molecule has 0 radical (unpaired) electrons. The molecule has 3 aromatic rings. The third kappa shape index (κ3) is 5.22. The number of thiophene rings is 1. The summed E-state index contributed by atoms with van der Waals surface area (Å²) in [5.41, 5.74) is 2.44. The summed E-state index contributed by atoms with van der Waals surface area (Å²) >= 11 is 3.33. The highest BCUT2D eigenvalue weighted by Gasteiger charge is 2.21. The highest BCUT2D eigenvalue weighted by Crippen LogP contribution is 2.39. The number of anilines is 2. The van der Waals surface area contributed by atoms with Crippen LogP contribution in [0.1, 0.15) is 21.7 Å². The molecule has 1 amide bonds. The lowest BCUT2D eigenvalue weighted by Gasteiger charge is -2.28. The average Bonchev–Trinajstić information content (AvgIpc) is 3.27. The summed E-state index contributed by atoms with van der Waals surface area (Å²) in [5, 5.41) is 5.22. The molecule has 1 aromatic carbocycles. The molecule has 2 aromatic heterocycles. The number of nitrogens with one attached hydrogen (secondary N) is 1. The summed E-state index contributed by atoms with van der Waals surface area (Å²) in [6.07, 6.45) is 2.76. The molecule has 0 unspecified atom stereocenters. The fourth-order valence-corrected chi connectivity index (χ4v) is 5.38. The van der Waals surface area contributed by atoms with Crippen LogP contribution in [0.25, 0.3) is 0 Å². The van der Waals surface area contributed by atoms with Crippen LogP contribution in [0, 0.1) is 0 Å². The van der Waals surface area contributed by atoms with Gasteiger partial charge in [-0.1, -0.05) is 30.3 Å². The van der Waals surface area contributed by atoms with E-state index in [0.29, 0.717) is 6.54 Å². The fourth-order valence-electron chi connectivity index (χ4n) is 3.49. The number of aromatic nitrogens is 1. The molecule has 3 heterocycles. The van der Waals surface area contributed by atoms with E-state index in [9.17, 15) is 4.79 Å². The number of thioether (sulfide) groups is 1. The number of pyridine rings is 1. The summed E-state index contributed by atoms with van der Waals surface area (Å²) < 4.78 is 0. The molecule has 1 aliphatic heterocycles. The van der Waals surface area contributed by atoms with Crippen LogP contribution < -0.4 is 10.2 Å². The van der Waals surface area contributed by atoms with Crippen molar-refractivity contribution in [3.05, 3.63) is 71.2 Å². The number of benzene rings is 1. The first-order chi connectivity index (χ1) is 14.7. The van der Waals surface area contributed by atoms with Crippen LogP contribution in [0.4, 0.5) is 10.7 Å². The van der Waals surface area contributed by atoms with Gasteiger partial charge < -0.3 is 15.1 Å². The SMILES string of the molecule is CN(CCCNC(=O)c1ccc(N2CCSc3ncccc32)s1)Cc1ccccc1. The molecule has 5 nitrogen and oxygen atoms in total.